The van der Waals surface area contributed by atoms with Gasteiger partial charge in [-0.05, 0) is 48.9 Å². The highest BCUT2D eigenvalue weighted by molar-refractivity contribution is 7.99. The first kappa shape index (κ1) is 24.9. The molecule has 0 aliphatic rings. The summed E-state index contributed by atoms with van der Waals surface area (Å²) in [5.74, 6) is 1.49. The maximum Gasteiger partial charge on any atom is 0.237 e. The number of hydrogen-bond donors (Lipinski definition) is 0. The van der Waals surface area contributed by atoms with Gasteiger partial charge in [0.25, 0.3) is 0 Å². The fraction of sp³-hybridized carbons (Fsp3) is 0.222. The van der Waals surface area contributed by atoms with E-state index < -0.39 is 0 Å². The highest BCUT2D eigenvalue weighted by Crippen LogP contribution is 2.26. The lowest BCUT2D eigenvalue weighted by Gasteiger charge is -2.22. The molecule has 0 spiro atoms. The van der Waals surface area contributed by atoms with E-state index in [0.717, 1.165) is 22.6 Å². The van der Waals surface area contributed by atoms with E-state index in [9.17, 15) is 4.79 Å². The molecule has 0 aliphatic carbocycles. The van der Waals surface area contributed by atoms with Crippen molar-refractivity contribution in [3.8, 4) is 23.2 Å². The van der Waals surface area contributed by atoms with Gasteiger partial charge in [-0.15, -0.1) is 10.2 Å². The van der Waals surface area contributed by atoms with E-state index >= 15 is 0 Å². The monoisotopic (exact) mass is 498 g/mol. The lowest BCUT2D eigenvalue weighted by atomic mass is 10.2. The lowest BCUT2D eigenvalue weighted by Crippen LogP contribution is -2.33. The fourth-order valence-electron chi connectivity index (χ4n) is 3.67. The molecule has 0 atom stereocenters. The molecule has 2 heterocycles. The first-order valence-corrected chi connectivity index (χ1v) is 12.6. The van der Waals surface area contributed by atoms with Crippen molar-refractivity contribution in [2.75, 3.05) is 23.8 Å². The van der Waals surface area contributed by atoms with Crippen LogP contribution in [-0.4, -0.2) is 44.6 Å². The molecule has 182 valence electrons. The molecule has 0 fully saturated rings. The predicted octanol–water partition coefficient (Wildman–Crippen LogP) is 4.83. The van der Waals surface area contributed by atoms with E-state index in [0.29, 0.717) is 30.7 Å². The molecule has 4 rings (SSSR count). The number of pyridine rings is 1. The maximum atomic E-state index is 13.3. The molecule has 1 amide bonds. The predicted molar refractivity (Wildman–Crippen MR) is 140 cm³/mol. The van der Waals surface area contributed by atoms with Crippen LogP contribution in [0.4, 0.5) is 5.69 Å². The van der Waals surface area contributed by atoms with Gasteiger partial charge in [0.15, 0.2) is 11.0 Å². The third-order valence-corrected chi connectivity index (χ3v) is 6.32. The molecular weight excluding hydrogens is 472 g/mol. The van der Waals surface area contributed by atoms with E-state index in [4.69, 9.17) is 10.00 Å². The largest absolute Gasteiger partial charge is 0.494 e. The molecular formula is C27H26N6O2S. The summed E-state index contributed by atoms with van der Waals surface area (Å²) in [4.78, 5) is 19.0. The Morgan fingerprint density at radius 3 is 2.50 bits per heavy atom. The number of nitriles is 1. The first-order valence-electron chi connectivity index (χ1n) is 11.6. The van der Waals surface area contributed by atoms with Crippen molar-refractivity contribution >= 4 is 23.4 Å². The van der Waals surface area contributed by atoms with E-state index in [1.165, 1.54) is 11.8 Å². The van der Waals surface area contributed by atoms with Crippen LogP contribution < -0.4 is 9.64 Å². The van der Waals surface area contributed by atoms with Crippen LogP contribution in [-0.2, 0) is 11.3 Å². The van der Waals surface area contributed by atoms with Gasteiger partial charge < -0.3 is 9.64 Å². The number of nitrogens with zero attached hydrogens (tertiary/aromatic N) is 6. The number of carbonyl (C=O) groups excluding carboxylic acids is 1. The molecule has 9 heteroatoms. The van der Waals surface area contributed by atoms with Gasteiger partial charge in [0.1, 0.15) is 5.75 Å². The molecule has 0 unspecified atom stereocenters. The zero-order valence-electron chi connectivity index (χ0n) is 19.9. The Hall–Kier alpha value is -4.16. The highest BCUT2D eigenvalue weighted by Gasteiger charge is 2.20. The van der Waals surface area contributed by atoms with Crippen molar-refractivity contribution in [1.82, 2.24) is 19.7 Å². The van der Waals surface area contributed by atoms with Crippen molar-refractivity contribution in [3.63, 3.8) is 0 Å². The zero-order chi connectivity index (χ0) is 25.2. The van der Waals surface area contributed by atoms with Crippen LogP contribution in [0.3, 0.4) is 0 Å². The van der Waals surface area contributed by atoms with E-state index in [1.54, 1.807) is 17.3 Å². The Morgan fingerprint density at radius 2 is 1.81 bits per heavy atom. The first-order chi connectivity index (χ1) is 17.7. The number of aromatic nitrogens is 4. The van der Waals surface area contributed by atoms with Crippen LogP contribution in [0.2, 0.25) is 0 Å². The van der Waals surface area contributed by atoms with E-state index in [2.05, 4.69) is 21.3 Å². The van der Waals surface area contributed by atoms with Gasteiger partial charge in [-0.3, -0.25) is 14.3 Å². The molecule has 2 aromatic heterocycles. The molecule has 0 saturated carbocycles. The maximum absolute atomic E-state index is 13.3. The number of carbonyl (C=O) groups is 1. The van der Waals surface area contributed by atoms with Gasteiger partial charge in [-0.25, -0.2) is 0 Å². The summed E-state index contributed by atoms with van der Waals surface area (Å²) in [7, 11) is 0. The van der Waals surface area contributed by atoms with Gasteiger partial charge in [0.2, 0.25) is 5.91 Å². The van der Waals surface area contributed by atoms with Crippen LogP contribution >= 0.6 is 11.8 Å². The number of anilines is 1. The van der Waals surface area contributed by atoms with Gasteiger partial charge in [0, 0.05) is 30.2 Å². The second-order valence-corrected chi connectivity index (χ2v) is 8.73. The Labute approximate surface area is 214 Å². The molecule has 0 N–H and O–H groups in total. The Kier molecular flexibility index (Phi) is 8.67. The average molecular weight is 499 g/mol. The Balaban J connectivity index is 1.55. The van der Waals surface area contributed by atoms with Crippen LogP contribution in [0.1, 0.15) is 18.9 Å². The number of hydrogen-bond acceptors (Lipinski definition) is 7. The van der Waals surface area contributed by atoms with Gasteiger partial charge >= 0.3 is 0 Å². The number of ether oxygens (including phenoxy) is 1. The van der Waals surface area contributed by atoms with Crippen molar-refractivity contribution in [2.45, 2.75) is 25.0 Å². The third kappa shape index (κ3) is 6.29. The van der Waals surface area contributed by atoms with Crippen LogP contribution in [0.25, 0.3) is 11.4 Å². The Bertz CT molecular complexity index is 1300. The van der Waals surface area contributed by atoms with E-state index in [-0.39, 0.29) is 18.1 Å². The average Bonchev–Trinajstić information content (AvgIpc) is 3.32. The quantitative estimate of drug-likeness (QED) is 0.273. The molecule has 8 nitrogen and oxygen atoms in total. The smallest absolute Gasteiger partial charge is 0.237 e. The summed E-state index contributed by atoms with van der Waals surface area (Å²) in [5, 5.41) is 18.6. The summed E-state index contributed by atoms with van der Waals surface area (Å²) in [6.07, 6.45) is 3.67. The molecule has 0 bridgehead atoms. The van der Waals surface area contributed by atoms with Crippen LogP contribution in [0, 0.1) is 11.3 Å². The molecule has 0 radical (unpaired) electrons. The minimum Gasteiger partial charge on any atom is -0.494 e. The normalized spacial score (nSPS) is 10.6. The number of thioether (sulfide) groups is 1. The second-order valence-electron chi connectivity index (χ2n) is 7.78. The fourth-order valence-corrected chi connectivity index (χ4v) is 4.49. The third-order valence-electron chi connectivity index (χ3n) is 5.37. The van der Waals surface area contributed by atoms with Crippen molar-refractivity contribution < 1.29 is 9.53 Å². The summed E-state index contributed by atoms with van der Waals surface area (Å²) in [6.45, 7) is 3.37. The number of rotatable bonds is 11. The standard InChI is InChI=1S/C27H26N6O2S/c1-2-35-24-11-9-23(10-12-24)32(18-6-15-28)25(34)20-36-27-31-30-26(22-13-16-29-17-14-22)33(27)19-21-7-4-3-5-8-21/h3-5,7-14,16-17H,2,6,18-20H2,1H3. The second kappa shape index (κ2) is 12.5. The summed E-state index contributed by atoms with van der Waals surface area (Å²) in [6, 6.07) is 23.3. The van der Waals surface area contributed by atoms with Crippen molar-refractivity contribution in [1.29, 1.82) is 5.26 Å². The number of amides is 1. The summed E-state index contributed by atoms with van der Waals surface area (Å²) >= 11 is 1.33. The zero-order valence-corrected chi connectivity index (χ0v) is 20.8. The molecule has 0 aliphatic heterocycles. The van der Waals surface area contributed by atoms with Gasteiger partial charge in [-0.1, -0.05) is 42.1 Å². The SMILES string of the molecule is CCOc1ccc(N(CCC#N)C(=O)CSc2nnc(-c3ccncc3)n2Cc2ccccc2)cc1. The van der Waals surface area contributed by atoms with Crippen LogP contribution in [0.5, 0.6) is 5.75 Å². The van der Waals surface area contributed by atoms with Crippen molar-refractivity contribution in [2.24, 2.45) is 0 Å². The van der Waals surface area contributed by atoms with E-state index in [1.807, 2.05) is 78.2 Å². The lowest BCUT2D eigenvalue weighted by molar-refractivity contribution is -0.116. The summed E-state index contributed by atoms with van der Waals surface area (Å²) < 4.78 is 7.52. The molecule has 0 saturated heterocycles. The van der Waals surface area contributed by atoms with Gasteiger partial charge in [-0.2, -0.15) is 5.26 Å². The number of benzene rings is 2. The molecule has 36 heavy (non-hydrogen) atoms. The molecule has 4 aromatic rings. The topological polar surface area (TPSA) is 96.9 Å². The Morgan fingerprint density at radius 1 is 1.06 bits per heavy atom. The minimum atomic E-state index is -0.112. The van der Waals surface area contributed by atoms with Crippen LogP contribution in [0.15, 0.2) is 84.3 Å². The minimum absolute atomic E-state index is 0.112. The highest BCUT2D eigenvalue weighted by atomic mass is 32.2. The summed E-state index contributed by atoms with van der Waals surface area (Å²) in [5.41, 5.74) is 2.73. The molecule has 2 aromatic carbocycles. The van der Waals surface area contributed by atoms with Gasteiger partial charge in [0.05, 0.1) is 31.4 Å². The van der Waals surface area contributed by atoms with Crippen molar-refractivity contribution in [3.05, 3.63) is 84.7 Å².